The van der Waals surface area contributed by atoms with Crippen LogP contribution in [0.25, 0.3) is 11.3 Å². The Morgan fingerprint density at radius 3 is 2.71 bits per heavy atom. The summed E-state index contributed by atoms with van der Waals surface area (Å²) < 4.78 is 17.2. The van der Waals surface area contributed by atoms with Gasteiger partial charge >= 0.3 is 0 Å². The highest BCUT2D eigenvalue weighted by Crippen LogP contribution is 2.40. The average Bonchev–Trinajstić information content (AvgIpc) is 3.32. The average molecular weight is 418 g/mol. The maximum absolute atomic E-state index is 5.85. The number of methoxy groups -OCH3 is 1. The lowest BCUT2D eigenvalue weighted by atomic mass is 10.1. The number of anilines is 2. The summed E-state index contributed by atoms with van der Waals surface area (Å²) in [7, 11) is 1.64. The summed E-state index contributed by atoms with van der Waals surface area (Å²) >= 11 is 0. The number of aromatic nitrogens is 1. The zero-order valence-corrected chi connectivity index (χ0v) is 17.8. The second-order valence-electron chi connectivity index (χ2n) is 7.89. The number of pyridine rings is 1. The van der Waals surface area contributed by atoms with Crippen LogP contribution in [0.5, 0.6) is 17.4 Å². The first-order valence-electron chi connectivity index (χ1n) is 10.8. The number of nitrogens with zero attached hydrogens (tertiary/aromatic N) is 2. The van der Waals surface area contributed by atoms with Crippen LogP contribution in [-0.2, 0) is 6.54 Å². The van der Waals surface area contributed by atoms with Gasteiger partial charge in [-0.2, -0.15) is 0 Å². The van der Waals surface area contributed by atoms with Crippen molar-refractivity contribution < 1.29 is 14.2 Å². The molecular weight excluding hydrogens is 390 g/mol. The molecule has 6 nitrogen and oxygen atoms in total. The first kappa shape index (κ1) is 19.7. The number of ether oxygens (including phenoxy) is 3. The van der Waals surface area contributed by atoms with Crippen molar-refractivity contribution in [1.29, 1.82) is 0 Å². The molecule has 0 saturated carbocycles. The molecular formula is C25H27N3O3. The Kier molecular flexibility index (Phi) is 5.63. The first-order valence-corrected chi connectivity index (χ1v) is 10.8. The predicted molar refractivity (Wildman–Crippen MR) is 121 cm³/mol. The summed E-state index contributed by atoms with van der Waals surface area (Å²) in [6.07, 6.45) is 2.60. The maximum Gasteiger partial charge on any atom is 0.238 e. The molecule has 1 N–H and O–H groups in total. The fourth-order valence-corrected chi connectivity index (χ4v) is 4.22. The van der Waals surface area contributed by atoms with E-state index < -0.39 is 0 Å². The first-order chi connectivity index (χ1) is 15.3. The van der Waals surface area contributed by atoms with Crippen molar-refractivity contribution in [3.05, 3.63) is 60.2 Å². The topological polar surface area (TPSA) is 55.9 Å². The Balaban J connectivity index is 1.39. The number of nitrogens with one attached hydrogen (secondary N) is 1. The molecule has 2 aliphatic rings. The molecule has 0 bridgehead atoms. The van der Waals surface area contributed by atoms with E-state index in [4.69, 9.17) is 19.2 Å². The number of fused-ring (bicyclic) bond motifs is 1. The van der Waals surface area contributed by atoms with Crippen LogP contribution in [0, 0.1) is 0 Å². The minimum absolute atomic E-state index is 0.536. The van der Waals surface area contributed by atoms with E-state index in [-0.39, 0.29) is 0 Å². The van der Waals surface area contributed by atoms with Gasteiger partial charge in [0, 0.05) is 17.8 Å². The van der Waals surface area contributed by atoms with Gasteiger partial charge in [0.05, 0.1) is 12.8 Å². The van der Waals surface area contributed by atoms with Crippen LogP contribution in [0.15, 0.2) is 54.6 Å². The molecule has 2 aromatic carbocycles. The highest BCUT2D eigenvalue weighted by Gasteiger charge is 2.19. The highest BCUT2D eigenvalue weighted by molar-refractivity contribution is 5.74. The number of benzene rings is 2. The molecule has 6 heteroatoms. The van der Waals surface area contributed by atoms with Crippen molar-refractivity contribution in [2.24, 2.45) is 0 Å². The van der Waals surface area contributed by atoms with Gasteiger partial charge in [0.1, 0.15) is 18.9 Å². The molecule has 3 aromatic rings. The van der Waals surface area contributed by atoms with Gasteiger partial charge in [-0.15, -0.1) is 0 Å². The van der Waals surface area contributed by atoms with E-state index in [0.717, 1.165) is 40.7 Å². The van der Waals surface area contributed by atoms with Gasteiger partial charge < -0.3 is 19.5 Å². The van der Waals surface area contributed by atoms with Crippen molar-refractivity contribution in [3.8, 4) is 28.6 Å². The molecule has 0 atom stereocenters. The number of likely N-dealkylation sites (tertiary alicyclic amines) is 1. The third-order valence-electron chi connectivity index (χ3n) is 5.71. The van der Waals surface area contributed by atoms with E-state index in [1.165, 1.54) is 31.5 Å². The van der Waals surface area contributed by atoms with E-state index in [1.54, 1.807) is 7.11 Å². The monoisotopic (exact) mass is 417 g/mol. The quantitative estimate of drug-likeness (QED) is 0.618. The third kappa shape index (κ3) is 4.30. The van der Waals surface area contributed by atoms with Crippen LogP contribution in [-0.4, -0.2) is 43.3 Å². The van der Waals surface area contributed by atoms with Crippen molar-refractivity contribution in [3.63, 3.8) is 0 Å². The minimum atomic E-state index is 0.536. The summed E-state index contributed by atoms with van der Waals surface area (Å²) in [6.45, 7) is 4.47. The Hall–Kier alpha value is -3.25. The minimum Gasteiger partial charge on any atom is -0.486 e. The van der Waals surface area contributed by atoms with Crippen LogP contribution < -0.4 is 19.5 Å². The molecule has 31 heavy (non-hydrogen) atoms. The Bertz CT molecular complexity index is 1060. The summed E-state index contributed by atoms with van der Waals surface area (Å²) in [6, 6.07) is 18.4. The zero-order chi connectivity index (χ0) is 21.0. The number of hydrogen-bond donors (Lipinski definition) is 1. The summed E-state index contributed by atoms with van der Waals surface area (Å²) in [5.41, 5.74) is 4.84. The molecule has 160 valence electrons. The largest absolute Gasteiger partial charge is 0.486 e. The molecule has 0 aliphatic carbocycles. The fraction of sp³-hybridized carbons (Fsp3) is 0.320. The Morgan fingerprint density at radius 2 is 1.84 bits per heavy atom. The van der Waals surface area contributed by atoms with Crippen LogP contribution in [0.2, 0.25) is 0 Å². The zero-order valence-electron chi connectivity index (χ0n) is 17.8. The van der Waals surface area contributed by atoms with Crippen LogP contribution >= 0.6 is 0 Å². The van der Waals surface area contributed by atoms with E-state index in [0.29, 0.717) is 19.1 Å². The Labute approximate surface area is 182 Å². The van der Waals surface area contributed by atoms with Gasteiger partial charge in [-0.25, -0.2) is 4.98 Å². The van der Waals surface area contributed by atoms with E-state index in [1.807, 2.05) is 30.3 Å². The highest BCUT2D eigenvalue weighted by atomic mass is 16.6. The molecule has 3 heterocycles. The summed E-state index contributed by atoms with van der Waals surface area (Å²) in [5, 5.41) is 3.47. The van der Waals surface area contributed by atoms with E-state index >= 15 is 0 Å². The van der Waals surface area contributed by atoms with E-state index in [9.17, 15) is 0 Å². The molecule has 1 fully saturated rings. The van der Waals surface area contributed by atoms with Gasteiger partial charge in [-0.1, -0.05) is 18.2 Å². The summed E-state index contributed by atoms with van der Waals surface area (Å²) in [5.74, 6) is 2.02. The summed E-state index contributed by atoms with van der Waals surface area (Å²) in [4.78, 5) is 7.25. The molecule has 0 spiro atoms. The van der Waals surface area contributed by atoms with Crippen molar-refractivity contribution in [2.45, 2.75) is 19.4 Å². The predicted octanol–water partition coefficient (Wildman–Crippen LogP) is 4.87. The second kappa shape index (κ2) is 8.86. The Morgan fingerprint density at radius 1 is 1.00 bits per heavy atom. The van der Waals surface area contributed by atoms with Gasteiger partial charge in [0.15, 0.2) is 11.5 Å². The smallest absolute Gasteiger partial charge is 0.238 e. The number of hydrogen-bond acceptors (Lipinski definition) is 6. The van der Waals surface area contributed by atoms with Crippen LogP contribution in [0.4, 0.5) is 11.4 Å². The van der Waals surface area contributed by atoms with Crippen LogP contribution in [0.1, 0.15) is 18.4 Å². The van der Waals surface area contributed by atoms with E-state index in [2.05, 4.69) is 34.5 Å². The lowest BCUT2D eigenvalue weighted by Gasteiger charge is -2.21. The lowest BCUT2D eigenvalue weighted by molar-refractivity contribution is 0.172. The maximum atomic E-state index is 5.85. The standard InChI is InChI=1S/C25H27N3O3/c1-29-25-22(26-19-7-4-6-18(16-19)17-28-12-2-3-13-28)11-10-21(27-25)20-8-5-9-23-24(20)31-15-14-30-23/h4-11,16,26H,2-3,12-15,17H2,1H3. The van der Waals surface area contributed by atoms with Gasteiger partial charge in [0.2, 0.25) is 5.88 Å². The lowest BCUT2D eigenvalue weighted by Crippen LogP contribution is -2.18. The van der Waals surface area contributed by atoms with Crippen molar-refractivity contribution in [1.82, 2.24) is 9.88 Å². The van der Waals surface area contributed by atoms with Gasteiger partial charge in [0.25, 0.3) is 0 Å². The molecule has 0 unspecified atom stereocenters. The fourth-order valence-electron chi connectivity index (χ4n) is 4.22. The molecule has 0 radical (unpaired) electrons. The second-order valence-corrected chi connectivity index (χ2v) is 7.89. The van der Waals surface area contributed by atoms with Crippen molar-refractivity contribution >= 4 is 11.4 Å². The number of para-hydroxylation sites is 1. The number of rotatable bonds is 6. The van der Waals surface area contributed by atoms with Crippen LogP contribution in [0.3, 0.4) is 0 Å². The molecule has 2 aliphatic heterocycles. The molecule has 5 rings (SSSR count). The van der Waals surface area contributed by atoms with Crippen molar-refractivity contribution in [2.75, 3.05) is 38.7 Å². The normalized spacial score (nSPS) is 15.6. The van der Waals surface area contributed by atoms with Gasteiger partial charge in [-0.3, -0.25) is 4.90 Å². The molecule has 1 aromatic heterocycles. The third-order valence-corrected chi connectivity index (χ3v) is 5.71. The molecule has 1 saturated heterocycles. The SMILES string of the molecule is COc1nc(-c2cccc3c2OCCO3)ccc1Nc1cccc(CN2CCCC2)c1. The van der Waals surface area contributed by atoms with Gasteiger partial charge in [-0.05, 0) is 67.9 Å². The molecule has 0 amide bonds.